The predicted molar refractivity (Wildman–Crippen MR) is 111 cm³/mol. The summed E-state index contributed by atoms with van der Waals surface area (Å²) in [5.41, 5.74) is 5.30. The van der Waals surface area contributed by atoms with Crippen molar-refractivity contribution in [3.05, 3.63) is 30.0 Å². The van der Waals surface area contributed by atoms with E-state index < -0.39 is 0 Å². The third kappa shape index (κ3) is 3.55. The molecule has 1 unspecified atom stereocenters. The van der Waals surface area contributed by atoms with Gasteiger partial charge in [0.05, 0.1) is 18.8 Å². The Balaban J connectivity index is 1.25. The molecule has 4 heterocycles. The van der Waals surface area contributed by atoms with Crippen LogP contribution in [0.4, 0.5) is 5.69 Å². The Morgan fingerprint density at radius 2 is 2.07 bits per heavy atom. The number of hydrogen-bond acceptors (Lipinski definition) is 5. The van der Waals surface area contributed by atoms with Crippen LogP contribution in [0.5, 0.6) is 0 Å². The highest BCUT2D eigenvalue weighted by molar-refractivity contribution is 5.67. The number of aromatic nitrogens is 3. The van der Waals surface area contributed by atoms with E-state index in [1.54, 1.807) is 0 Å². The number of rotatable bonds is 4. The van der Waals surface area contributed by atoms with E-state index in [-0.39, 0.29) is 6.10 Å². The minimum atomic E-state index is 0.278. The molecule has 2 aromatic rings. The summed E-state index contributed by atoms with van der Waals surface area (Å²) in [5.74, 6) is 0. The van der Waals surface area contributed by atoms with Crippen molar-refractivity contribution < 1.29 is 4.74 Å². The molecule has 0 aliphatic carbocycles. The second kappa shape index (κ2) is 7.48. The number of hydrogen-bond donors (Lipinski definition) is 1. The molecular formula is C22H31N5O. The van der Waals surface area contributed by atoms with Crippen LogP contribution in [0.2, 0.25) is 0 Å². The fourth-order valence-electron chi connectivity index (χ4n) is 5.02. The molecule has 1 aromatic carbocycles. The van der Waals surface area contributed by atoms with Gasteiger partial charge in [0.1, 0.15) is 5.69 Å². The molecule has 0 saturated carbocycles. The standard InChI is InChI=1S/C22H31N5O/c1-17-12-18(26-15-22(16-26)7-9-23-10-8-22)5-6-20(17)21-14-27(25-24-21)13-19-4-2-3-11-28-19/h5-6,12,14,19,23H,2-4,7-11,13,15-16H2,1H3. The van der Waals surface area contributed by atoms with E-state index in [2.05, 4.69) is 51.8 Å². The molecule has 3 saturated heterocycles. The van der Waals surface area contributed by atoms with Crippen molar-refractivity contribution in [2.24, 2.45) is 5.41 Å². The zero-order chi connectivity index (χ0) is 19.0. The van der Waals surface area contributed by atoms with Crippen molar-refractivity contribution in [1.82, 2.24) is 20.3 Å². The lowest BCUT2D eigenvalue weighted by Crippen LogP contribution is -2.60. The average Bonchev–Trinajstić information content (AvgIpc) is 3.15. The van der Waals surface area contributed by atoms with Gasteiger partial charge in [-0.05, 0) is 69.8 Å². The smallest absolute Gasteiger partial charge is 0.113 e. The predicted octanol–water partition coefficient (Wildman–Crippen LogP) is 3.01. The van der Waals surface area contributed by atoms with Crippen molar-refractivity contribution in [3.63, 3.8) is 0 Å². The van der Waals surface area contributed by atoms with Crippen LogP contribution < -0.4 is 10.2 Å². The van der Waals surface area contributed by atoms with Crippen LogP contribution in [-0.4, -0.2) is 53.9 Å². The summed E-state index contributed by atoms with van der Waals surface area (Å²) < 4.78 is 7.77. The molecular weight excluding hydrogens is 350 g/mol. The van der Waals surface area contributed by atoms with Gasteiger partial charge in [0.15, 0.2) is 0 Å². The average molecular weight is 382 g/mol. The molecule has 1 aromatic heterocycles. The van der Waals surface area contributed by atoms with E-state index in [0.29, 0.717) is 5.41 Å². The third-order valence-corrected chi connectivity index (χ3v) is 6.77. The van der Waals surface area contributed by atoms with Gasteiger partial charge in [-0.25, -0.2) is 4.68 Å². The topological polar surface area (TPSA) is 55.2 Å². The van der Waals surface area contributed by atoms with Gasteiger partial charge in [-0.1, -0.05) is 11.3 Å². The van der Waals surface area contributed by atoms with Crippen LogP contribution >= 0.6 is 0 Å². The van der Waals surface area contributed by atoms with Crippen LogP contribution in [0.1, 0.15) is 37.7 Å². The van der Waals surface area contributed by atoms with E-state index in [0.717, 1.165) is 25.3 Å². The first-order valence-corrected chi connectivity index (χ1v) is 10.8. The minimum Gasteiger partial charge on any atom is -0.376 e. The molecule has 1 N–H and O–H groups in total. The lowest BCUT2D eigenvalue weighted by Gasteiger charge is -2.53. The molecule has 3 aliphatic rings. The van der Waals surface area contributed by atoms with Crippen LogP contribution in [0.25, 0.3) is 11.3 Å². The molecule has 6 heteroatoms. The summed E-state index contributed by atoms with van der Waals surface area (Å²) in [5, 5.41) is 12.3. The highest BCUT2D eigenvalue weighted by Gasteiger charge is 2.43. The first-order valence-electron chi connectivity index (χ1n) is 10.8. The Labute approximate surface area is 167 Å². The Hall–Kier alpha value is -1.92. The van der Waals surface area contributed by atoms with Crippen molar-refractivity contribution in [2.45, 2.75) is 51.7 Å². The quantitative estimate of drug-likeness (QED) is 0.882. The largest absolute Gasteiger partial charge is 0.376 e. The maximum absolute atomic E-state index is 5.83. The van der Waals surface area contributed by atoms with E-state index in [4.69, 9.17) is 4.74 Å². The molecule has 1 atom stereocenters. The molecule has 5 rings (SSSR count). The van der Waals surface area contributed by atoms with Gasteiger partial charge in [0.2, 0.25) is 0 Å². The molecule has 28 heavy (non-hydrogen) atoms. The Morgan fingerprint density at radius 1 is 1.21 bits per heavy atom. The number of ether oxygens (including phenoxy) is 1. The van der Waals surface area contributed by atoms with E-state index in [1.807, 2.05) is 4.68 Å². The van der Waals surface area contributed by atoms with Crippen LogP contribution in [0.15, 0.2) is 24.4 Å². The normalized spacial score (nSPS) is 24.3. The Morgan fingerprint density at radius 3 is 2.82 bits per heavy atom. The lowest BCUT2D eigenvalue weighted by molar-refractivity contribution is 0.00370. The summed E-state index contributed by atoms with van der Waals surface area (Å²) in [7, 11) is 0. The first kappa shape index (κ1) is 18.1. The summed E-state index contributed by atoms with van der Waals surface area (Å²) in [4.78, 5) is 2.53. The van der Waals surface area contributed by atoms with Gasteiger partial charge >= 0.3 is 0 Å². The van der Waals surface area contributed by atoms with Crippen molar-refractivity contribution in [3.8, 4) is 11.3 Å². The first-order chi connectivity index (χ1) is 13.7. The maximum atomic E-state index is 5.83. The van der Waals surface area contributed by atoms with Crippen LogP contribution in [-0.2, 0) is 11.3 Å². The van der Waals surface area contributed by atoms with Gasteiger partial charge < -0.3 is 15.0 Å². The van der Waals surface area contributed by atoms with Crippen molar-refractivity contribution >= 4 is 5.69 Å². The molecule has 150 valence electrons. The summed E-state index contributed by atoms with van der Waals surface area (Å²) in [6, 6.07) is 6.77. The summed E-state index contributed by atoms with van der Waals surface area (Å²) >= 11 is 0. The molecule has 6 nitrogen and oxygen atoms in total. The molecule has 0 bridgehead atoms. The number of piperidine rings is 1. The van der Waals surface area contributed by atoms with Gasteiger partial charge in [-0.3, -0.25) is 0 Å². The summed E-state index contributed by atoms with van der Waals surface area (Å²) in [6.07, 6.45) is 8.52. The zero-order valence-electron chi connectivity index (χ0n) is 16.9. The third-order valence-electron chi connectivity index (χ3n) is 6.77. The number of benzene rings is 1. The molecule has 3 aliphatic heterocycles. The minimum absolute atomic E-state index is 0.278. The zero-order valence-corrected chi connectivity index (χ0v) is 16.9. The number of nitrogens with zero attached hydrogens (tertiary/aromatic N) is 4. The lowest BCUT2D eigenvalue weighted by atomic mass is 9.72. The monoisotopic (exact) mass is 381 g/mol. The molecule has 0 radical (unpaired) electrons. The van der Waals surface area contributed by atoms with Crippen LogP contribution in [0.3, 0.4) is 0 Å². The Bertz CT molecular complexity index is 812. The Kier molecular flexibility index (Phi) is 4.85. The van der Waals surface area contributed by atoms with Gasteiger partial charge in [-0.15, -0.1) is 5.10 Å². The molecule has 0 amide bonds. The van der Waals surface area contributed by atoms with Crippen molar-refractivity contribution in [2.75, 3.05) is 37.7 Å². The van der Waals surface area contributed by atoms with Gasteiger partial charge in [-0.2, -0.15) is 0 Å². The second-order valence-electron chi connectivity index (χ2n) is 8.92. The SMILES string of the molecule is Cc1cc(N2CC3(CCNCC3)C2)ccc1-c1cn(CC2CCCCO2)nn1. The molecule has 3 fully saturated rings. The van der Waals surface area contributed by atoms with E-state index >= 15 is 0 Å². The van der Waals surface area contributed by atoms with Gasteiger partial charge in [0.25, 0.3) is 0 Å². The maximum Gasteiger partial charge on any atom is 0.113 e. The van der Waals surface area contributed by atoms with Crippen molar-refractivity contribution in [1.29, 1.82) is 0 Å². The highest BCUT2D eigenvalue weighted by atomic mass is 16.5. The highest BCUT2D eigenvalue weighted by Crippen LogP contribution is 2.41. The fraction of sp³-hybridized carbons (Fsp3) is 0.636. The molecule has 1 spiro atoms. The summed E-state index contributed by atoms with van der Waals surface area (Å²) in [6.45, 7) is 8.61. The van der Waals surface area contributed by atoms with Crippen LogP contribution in [0, 0.1) is 12.3 Å². The second-order valence-corrected chi connectivity index (χ2v) is 8.92. The number of aryl methyl sites for hydroxylation is 1. The number of nitrogens with one attached hydrogen (secondary N) is 1. The van der Waals surface area contributed by atoms with E-state index in [9.17, 15) is 0 Å². The number of anilines is 1. The van der Waals surface area contributed by atoms with Gasteiger partial charge in [0, 0.05) is 36.4 Å². The van der Waals surface area contributed by atoms with E-state index in [1.165, 1.54) is 68.7 Å². The fourth-order valence-corrected chi connectivity index (χ4v) is 5.02.